The van der Waals surface area contributed by atoms with Crippen LogP contribution in [0.4, 0.5) is 0 Å². The average Bonchev–Trinajstić information content (AvgIpc) is 2.13. The molecule has 80 valence electrons. The smallest absolute Gasteiger partial charge is 0.323 e. The summed E-state index contributed by atoms with van der Waals surface area (Å²) in [6.07, 6.45) is 5.33. The summed E-state index contributed by atoms with van der Waals surface area (Å²) in [6.45, 7) is 7.60. The minimum Gasteiger partial charge on any atom is -0.468 e. The van der Waals surface area contributed by atoms with Gasteiger partial charge in [0, 0.05) is 0 Å². The third-order valence-corrected chi connectivity index (χ3v) is 2.00. The molecule has 0 unspecified atom stereocenters. The van der Waals surface area contributed by atoms with E-state index >= 15 is 0 Å². The largest absolute Gasteiger partial charge is 0.468 e. The average molecular weight is 197 g/mol. The zero-order valence-corrected chi connectivity index (χ0v) is 9.55. The van der Waals surface area contributed by atoms with Crippen molar-refractivity contribution in [1.82, 2.24) is 5.32 Å². The Balaban J connectivity index is 4.56. The SMILES string of the molecule is C#CC(C)(C)N[C@H](C(=O)OC)C(C)C. The maximum Gasteiger partial charge on any atom is 0.323 e. The first kappa shape index (κ1) is 13.0. The van der Waals surface area contributed by atoms with Crippen molar-refractivity contribution in [2.45, 2.75) is 39.3 Å². The topological polar surface area (TPSA) is 38.3 Å². The molecule has 0 aliphatic carbocycles. The molecule has 0 rings (SSSR count). The Morgan fingerprint density at radius 3 is 2.29 bits per heavy atom. The van der Waals surface area contributed by atoms with Crippen LogP contribution in [0.3, 0.4) is 0 Å². The van der Waals surface area contributed by atoms with Crippen LogP contribution in [0.15, 0.2) is 0 Å². The van der Waals surface area contributed by atoms with Crippen molar-refractivity contribution in [2.24, 2.45) is 5.92 Å². The highest BCUT2D eigenvalue weighted by Crippen LogP contribution is 2.09. The lowest BCUT2D eigenvalue weighted by Crippen LogP contribution is -2.51. The Morgan fingerprint density at radius 2 is 2.00 bits per heavy atom. The van der Waals surface area contributed by atoms with E-state index < -0.39 is 5.54 Å². The van der Waals surface area contributed by atoms with Crippen LogP contribution in [0.5, 0.6) is 0 Å². The third kappa shape index (κ3) is 3.80. The highest BCUT2D eigenvalue weighted by Gasteiger charge is 2.28. The molecule has 0 bridgehead atoms. The van der Waals surface area contributed by atoms with E-state index in [0.717, 1.165) is 0 Å². The van der Waals surface area contributed by atoms with Crippen molar-refractivity contribution in [2.75, 3.05) is 7.11 Å². The summed E-state index contributed by atoms with van der Waals surface area (Å²) in [7, 11) is 1.38. The van der Waals surface area contributed by atoms with Crippen molar-refractivity contribution in [1.29, 1.82) is 0 Å². The molecule has 1 atom stereocenters. The zero-order chi connectivity index (χ0) is 11.4. The molecule has 0 aromatic heterocycles. The van der Waals surface area contributed by atoms with Crippen molar-refractivity contribution >= 4 is 5.97 Å². The van der Waals surface area contributed by atoms with E-state index in [0.29, 0.717) is 0 Å². The number of hydrogen-bond acceptors (Lipinski definition) is 3. The summed E-state index contributed by atoms with van der Waals surface area (Å²) in [4.78, 5) is 11.4. The summed E-state index contributed by atoms with van der Waals surface area (Å²) in [5.41, 5.74) is -0.497. The number of hydrogen-bond donors (Lipinski definition) is 1. The van der Waals surface area contributed by atoms with E-state index in [1.807, 2.05) is 27.7 Å². The second-order valence-corrected chi connectivity index (χ2v) is 4.16. The molecule has 0 amide bonds. The number of terminal acetylenes is 1. The van der Waals surface area contributed by atoms with Gasteiger partial charge in [-0.1, -0.05) is 19.8 Å². The first-order valence-electron chi connectivity index (χ1n) is 4.67. The number of nitrogens with one attached hydrogen (secondary N) is 1. The van der Waals surface area contributed by atoms with Crippen molar-refractivity contribution in [3.05, 3.63) is 0 Å². The molecule has 0 aromatic rings. The van der Waals surface area contributed by atoms with Crippen LogP contribution in [-0.2, 0) is 9.53 Å². The fourth-order valence-corrected chi connectivity index (χ4v) is 1.06. The van der Waals surface area contributed by atoms with Crippen LogP contribution >= 0.6 is 0 Å². The fraction of sp³-hybridized carbons (Fsp3) is 0.727. The fourth-order valence-electron chi connectivity index (χ4n) is 1.06. The monoisotopic (exact) mass is 197 g/mol. The van der Waals surface area contributed by atoms with Gasteiger partial charge in [-0.2, -0.15) is 0 Å². The molecule has 3 heteroatoms. The van der Waals surface area contributed by atoms with Gasteiger partial charge < -0.3 is 4.74 Å². The van der Waals surface area contributed by atoms with E-state index in [1.165, 1.54) is 7.11 Å². The molecule has 0 aromatic carbocycles. The molecule has 0 aliphatic rings. The second-order valence-electron chi connectivity index (χ2n) is 4.16. The van der Waals surface area contributed by atoms with E-state index in [9.17, 15) is 4.79 Å². The van der Waals surface area contributed by atoms with Gasteiger partial charge in [0.15, 0.2) is 0 Å². The van der Waals surface area contributed by atoms with Crippen LogP contribution in [0.2, 0.25) is 0 Å². The molecule has 0 heterocycles. The lowest BCUT2D eigenvalue weighted by molar-refractivity contribution is -0.144. The second kappa shape index (κ2) is 5.02. The summed E-state index contributed by atoms with van der Waals surface area (Å²) in [6, 6.07) is -0.356. The van der Waals surface area contributed by atoms with Gasteiger partial charge in [-0.15, -0.1) is 6.42 Å². The van der Waals surface area contributed by atoms with Crippen LogP contribution in [0, 0.1) is 18.3 Å². The highest BCUT2D eigenvalue weighted by atomic mass is 16.5. The zero-order valence-electron chi connectivity index (χ0n) is 9.55. The summed E-state index contributed by atoms with van der Waals surface area (Å²) >= 11 is 0. The predicted octanol–water partition coefficient (Wildman–Crippen LogP) is 1.19. The van der Waals surface area contributed by atoms with Gasteiger partial charge in [-0.25, -0.2) is 0 Å². The minimum absolute atomic E-state index is 0.148. The summed E-state index contributed by atoms with van der Waals surface area (Å²) < 4.78 is 4.69. The number of carbonyl (C=O) groups excluding carboxylic acids is 1. The van der Waals surface area contributed by atoms with Gasteiger partial charge in [-0.05, 0) is 19.8 Å². The standard InChI is InChI=1S/C11H19NO2/c1-7-11(4,5)12-9(8(2)3)10(13)14-6/h1,8-9,12H,2-6H3/t9-/m0/s1. The van der Waals surface area contributed by atoms with Crippen molar-refractivity contribution in [3.8, 4) is 12.3 Å². The number of methoxy groups -OCH3 is 1. The maximum atomic E-state index is 11.4. The lowest BCUT2D eigenvalue weighted by Gasteiger charge is -2.28. The highest BCUT2D eigenvalue weighted by molar-refractivity contribution is 5.76. The molecule has 14 heavy (non-hydrogen) atoms. The van der Waals surface area contributed by atoms with Crippen LogP contribution in [0.1, 0.15) is 27.7 Å². The summed E-state index contributed by atoms with van der Waals surface area (Å²) in [5.74, 6) is 2.46. The summed E-state index contributed by atoms with van der Waals surface area (Å²) in [5, 5.41) is 3.08. The molecule has 3 nitrogen and oxygen atoms in total. The molecule has 0 spiro atoms. The van der Waals surface area contributed by atoms with Crippen LogP contribution < -0.4 is 5.32 Å². The minimum atomic E-state index is -0.497. The Morgan fingerprint density at radius 1 is 1.50 bits per heavy atom. The van der Waals surface area contributed by atoms with Crippen LogP contribution in [-0.4, -0.2) is 24.7 Å². The van der Waals surface area contributed by atoms with E-state index in [-0.39, 0.29) is 17.9 Å². The first-order chi connectivity index (χ1) is 6.34. The number of esters is 1. The van der Waals surface area contributed by atoms with Crippen molar-refractivity contribution in [3.63, 3.8) is 0 Å². The molecule has 0 fully saturated rings. The van der Waals surface area contributed by atoms with E-state index in [1.54, 1.807) is 0 Å². The van der Waals surface area contributed by atoms with Gasteiger partial charge in [0.1, 0.15) is 6.04 Å². The maximum absolute atomic E-state index is 11.4. The van der Waals surface area contributed by atoms with E-state index in [2.05, 4.69) is 11.2 Å². The number of ether oxygens (including phenoxy) is 1. The van der Waals surface area contributed by atoms with Gasteiger partial charge in [-0.3, -0.25) is 10.1 Å². The lowest BCUT2D eigenvalue weighted by atomic mass is 9.99. The van der Waals surface area contributed by atoms with E-state index in [4.69, 9.17) is 11.2 Å². The Kier molecular flexibility index (Phi) is 4.65. The molecular weight excluding hydrogens is 178 g/mol. The molecule has 0 saturated heterocycles. The Bertz CT molecular complexity index is 238. The first-order valence-corrected chi connectivity index (χ1v) is 4.67. The molecule has 0 saturated carbocycles. The molecule has 1 N–H and O–H groups in total. The molecule has 0 aliphatic heterocycles. The predicted molar refractivity (Wildman–Crippen MR) is 56.7 cm³/mol. The van der Waals surface area contributed by atoms with Gasteiger partial charge in [0.2, 0.25) is 0 Å². The Hall–Kier alpha value is -1.01. The third-order valence-electron chi connectivity index (χ3n) is 2.00. The van der Waals surface area contributed by atoms with Gasteiger partial charge in [0.05, 0.1) is 12.6 Å². The Labute approximate surface area is 86.2 Å². The molecular formula is C11H19NO2. The van der Waals surface area contributed by atoms with Crippen molar-refractivity contribution < 1.29 is 9.53 Å². The van der Waals surface area contributed by atoms with Gasteiger partial charge in [0.25, 0.3) is 0 Å². The number of carbonyl (C=O) groups is 1. The van der Waals surface area contributed by atoms with Crippen LogP contribution in [0.25, 0.3) is 0 Å². The molecule has 0 radical (unpaired) electrons. The normalized spacial score (nSPS) is 13.5. The quantitative estimate of drug-likeness (QED) is 0.543. The van der Waals surface area contributed by atoms with Gasteiger partial charge >= 0.3 is 5.97 Å². The number of rotatable bonds is 4.